The van der Waals surface area contributed by atoms with Gasteiger partial charge in [0.2, 0.25) is 0 Å². The Kier molecular flexibility index (Phi) is 27.1. The summed E-state index contributed by atoms with van der Waals surface area (Å²) in [4.78, 5) is 21.6. The van der Waals surface area contributed by atoms with Crippen molar-refractivity contribution < 1.29 is 25.0 Å². The van der Waals surface area contributed by atoms with E-state index in [0.29, 0.717) is 0 Å². The summed E-state index contributed by atoms with van der Waals surface area (Å²) in [6.07, 6.45) is 0. The number of rotatable bonds is 0. The van der Waals surface area contributed by atoms with E-state index in [9.17, 15) is 0 Å². The second kappa shape index (κ2) is 9.67. The van der Waals surface area contributed by atoms with Gasteiger partial charge >= 0.3 is 68.6 Å². The summed E-state index contributed by atoms with van der Waals surface area (Å²) in [5, 5.41) is 0. The van der Waals surface area contributed by atoms with Crippen molar-refractivity contribution in [2.75, 3.05) is 0 Å². The molecule has 0 aliphatic carbocycles. The van der Waals surface area contributed by atoms with Crippen LogP contribution in [0, 0.1) is 0 Å². The zero-order valence-corrected chi connectivity index (χ0v) is 8.13. The Morgan fingerprint density at radius 2 is 1.25 bits per heavy atom. The Hall–Kier alpha value is 2.67. The first-order chi connectivity index (χ1) is 2.00. The number of phosphoric acid groups is 1. The standard InChI is InChI=1S/Al.Ca.Mg.H3O4P.7H/c;;;1-5(2,3)4;;;;;;;/h;;;(H3,1,2,3,4);;;;;;;/q;2*+2;;;;;4*-1. The van der Waals surface area contributed by atoms with E-state index in [1.807, 2.05) is 0 Å². The SMILES string of the molecule is O=P(O)(O)O.[AlH3].[Ca+2].[H-].[H-].[H-].[H-].[Mg+2]. The molecule has 0 bridgehead atoms. The van der Waals surface area contributed by atoms with Crippen LogP contribution in [0.2, 0.25) is 0 Å². The van der Waals surface area contributed by atoms with Crippen LogP contribution in [0.3, 0.4) is 0 Å². The molecular weight excluding hydrogens is 186 g/mol. The molecule has 0 spiro atoms. The molecule has 8 heteroatoms. The van der Waals surface area contributed by atoms with Gasteiger partial charge < -0.3 is 20.4 Å². The van der Waals surface area contributed by atoms with Crippen LogP contribution in [0.4, 0.5) is 0 Å². The third-order valence-electron chi connectivity index (χ3n) is 0. The van der Waals surface area contributed by atoms with Crippen molar-refractivity contribution in [2.45, 2.75) is 0 Å². The van der Waals surface area contributed by atoms with Gasteiger partial charge in [-0.15, -0.1) is 0 Å². The molecule has 0 fully saturated rings. The van der Waals surface area contributed by atoms with Gasteiger partial charge in [0, 0.05) is 0 Å². The Balaban J connectivity index is -0.00000000381. The van der Waals surface area contributed by atoms with Gasteiger partial charge in [0.25, 0.3) is 0 Å². The second-order valence-electron chi connectivity index (χ2n) is 0.513. The van der Waals surface area contributed by atoms with Crippen molar-refractivity contribution in [1.29, 1.82) is 0 Å². The molecule has 0 saturated heterocycles. The predicted molar refractivity (Wildman–Crippen MR) is 40.2 cm³/mol. The minimum Gasteiger partial charge on any atom is -1.00 e. The maximum Gasteiger partial charge on any atom is 2.00 e. The first kappa shape index (κ1) is 22.4. The molecule has 0 heterocycles. The van der Waals surface area contributed by atoms with Gasteiger partial charge in [-0.05, 0) is 0 Å². The summed E-state index contributed by atoms with van der Waals surface area (Å²) in [6.45, 7) is 0. The molecule has 0 aromatic rings. The largest absolute Gasteiger partial charge is 2.00 e. The van der Waals surface area contributed by atoms with Gasteiger partial charge in [-0.2, -0.15) is 0 Å². The van der Waals surface area contributed by atoms with E-state index in [4.69, 9.17) is 19.2 Å². The van der Waals surface area contributed by atoms with E-state index in [1.165, 1.54) is 0 Å². The van der Waals surface area contributed by atoms with Crippen molar-refractivity contribution in [1.82, 2.24) is 0 Å². The van der Waals surface area contributed by atoms with Crippen LogP contribution in [0.25, 0.3) is 0 Å². The first-order valence-corrected chi connectivity index (χ1v) is 2.35. The second-order valence-corrected chi connectivity index (χ2v) is 1.54. The third-order valence-corrected chi connectivity index (χ3v) is 0. The number of hydrogen-bond acceptors (Lipinski definition) is 1. The molecule has 0 rings (SSSR count). The number of hydrogen-bond donors (Lipinski definition) is 3. The third kappa shape index (κ3) is 71.6. The normalized spacial score (nSPS) is 7.38. The van der Waals surface area contributed by atoms with Crippen molar-refractivity contribution >= 4 is 86.0 Å². The molecule has 0 aromatic heterocycles. The van der Waals surface area contributed by atoms with Crippen LogP contribution in [-0.2, 0) is 4.57 Å². The summed E-state index contributed by atoms with van der Waals surface area (Å²) in [6, 6.07) is 0. The Morgan fingerprint density at radius 3 is 1.25 bits per heavy atom. The molecule has 0 aliphatic rings. The van der Waals surface area contributed by atoms with Gasteiger partial charge in [-0.3, -0.25) is 0 Å². The molecule has 8 heavy (non-hydrogen) atoms. The molecule has 0 amide bonds. The van der Waals surface area contributed by atoms with Crippen LogP contribution in [0.1, 0.15) is 5.71 Å². The van der Waals surface area contributed by atoms with Crippen LogP contribution >= 0.6 is 7.82 Å². The molecule has 0 atom stereocenters. The molecule has 0 radical (unpaired) electrons. The van der Waals surface area contributed by atoms with E-state index < -0.39 is 7.82 Å². The van der Waals surface area contributed by atoms with Crippen LogP contribution in [0.5, 0.6) is 0 Å². The van der Waals surface area contributed by atoms with Crippen molar-refractivity contribution in [3.63, 3.8) is 0 Å². The van der Waals surface area contributed by atoms with E-state index >= 15 is 0 Å². The van der Waals surface area contributed by atoms with E-state index in [1.54, 1.807) is 0 Å². The Morgan fingerprint density at radius 1 is 1.25 bits per heavy atom. The smallest absolute Gasteiger partial charge is 1.00 e. The summed E-state index contributed by atoms with van der Waals surface area (Å²) in [5.41, 5.74) is 0. The summed E-state index contributed by atoms with van der Waals surface area (Å²) < 4.78 is 8.88. The molecule has 0 aliphatic heterocycles. The zero-order valence-electron chi connectivity index (χ0n) is 7.61. The topological polar surface area (TPSA) is 77.8 Å². The van der Waals surface area contributed by atoms with E-state index in [0.717, 1.165) is 0 Å². The van der Waals surface area contributed by atoms with Crippen LogP contribution in [-0.4, -0.2) is 92.8 Å². The van der Waals surface area contributed by atoms with E-state index in [-0.39, 0.29) is 83.9 Å². The zero-order chi connectivity index (χ0) is 4.50. The van der Waals surface area contributed by atoms with Crippen LogP contribution < -0.4 is 0 Å². The summed E-state index contributed by atoms with van der Waals surface area (Å²) >= 11 is 0. The van der Waals surface area contributed by atoms with Crippen molar-refractivity contribution in [3.8, 4) is 0 Å². The maximum atomic E-state index is 8.88. The quantitative estimate of drug-likeness (QED) is 0.298. The Bertz CT molecular complexity index is 73.2. The maximum absolute atomic E-state index is 8.88. The van der Waals surface area contributed by atoms with Gasteiger partial charge in [-0.1, -0.05) is 0 Å². The average Bonchev–Trinajstić information content (AvgIpc) is 0.722. The molecule has 3 N–H and O–H groups in total. The fraction of sp³-hybridized carbons (Fsp3) is 0. The molecule has 0 saturated carbocycles. The first-order valence-electron chi connectivity index (χ1n) is 0.783. The Labute approximate surface area is 110 Å². The fourth-order valence-electron chi connectivity index (χ4n) is 0. The van der Waals surface area contributed by atoms with Gasteiger partial charge in [0.15, 0.2) is 17.4 Å². The van der Waals surface area contributed by atoms with Crippen LogP contribution in [0.15, 0.2) is 0 Å². The summed E-state index contributed by atoms with van der Waals surface area (Å²) in [7, 11) is -4.64. The fourth-order valence-corrected chi connectivity index (χ4v) is 0. The van der Waals surface area contributed by atoms with Gasteiger partial charge in [-0.25, -0.2) is 4.57 Å². The predicted octanol–water partition coefficient (Wildman–Crippen LogP) is -2.42. The monoisotopic (exact) mass is 196 g/mol. The van der Waals surface area contributed by atoms with Crippen molar-refractivity contribution in [3.05, 3.63) is 0 Å². The molecule has 46 valence electrons. The van der Waals surface area contributed by atoms with E-state index in [2.05, 4.69) is 0 Å². The van der Waals surface area contributed by atoms with Crippen molar-refractivity contribution in [2.24, 2.45) is 0 Å². The molecule has 0 unspecified atom stereocenters. The average molecular weight is 196 g/mol. The molecular formula is H10AlCaMgO4P. The molecule has 4 nitrogen and oxygen atoms in total. The minimum atomic E-state index is -4.64. The van der Waals surface area contributed by atoms with Gasteiger partial charge in [0.1, 0.15) is 0 Å². The van der Waals surface area contributed by atoms with Gasteiger partial charge in [0.05, 0.1) is 0 Å². The molecule has 0 aromatic carbocycles. The summed E-state index contributed by atoms with van der Waals surface area (Å²) in [5.74, 6) is 0. The minimum absolute atomic E-state index is 0.